The van der Waals surface area contributed by atoms with Crippen molar-refractivity contribution in [3.63, 3.8) is 0 Å². The van der Waals surface area contributed by atoms with Crippen LogP contribution in [0.5, 0.6) is 0 Å². The molecule has 1 N–H and O–H groups in total. The van der Waals surface area contributed by atoms with E-state index in [9.17, 15) is 18.0 Å². The number of hydrogen-bond acceptors (Lipinski definition) is 6. The third-order valence-electron chi connectivity index (χ3n) is 4.88. The Morgan fingerprint density at radius 1 is 1.12 bits per heavy atom. The second kappa shape index (κ2) is 9.17. The maximum absolute atomic E-state index is 12.7. The monoisotopic (exact) mass is 466 g/mol. The van der Waals surface area contributed by atoms with Crippen molar-refractivity contribution >= 4 is 23.2 Å². The van der Waals surface area contributed by atoms with Gasteiger partial charge in [-0.2, -0.15) is 18.2 Å². The number of benzene rings is 2. The highest BCUT2D eigenvalue weighted by molar-refractivity contribution is 6.34. The molecule has 0 unspecified atom stereocenters. The van der Waals surface area contributed by atoms with Crippen LogP contribution in [0.25, 0.3) is 11.4 Å². The van der Waals surface area contributed by atoms with E-state index >= 15 is 0 Å². The van der Waals surface area contributed by atoms with Crippen molar-refractivity contribution in [2.24, 2.45) is 0 Å². The number of alkyl halides is 3. The molecule has 3 aromatic rings. The molecule has 32 heavy (non-hydrogen) atoms. The lowest BCUT2D eigenvalue weighted by atomic mass is 10.1. The topological polar surface area (TPSA) is 80.5 Å². The molecule has 1 saturated heterocycles. The third-order valence-corrected chi connectivity index (χ3v) is 5.19. The van der Waals surface area contributed by atoms with E-state index < -0.39 is 11.7 Å². The normalized spacial score (nSPS) is 14.4. The largest absolute Gasteiger partial charge is 0.416 e. The highest BCUT2D eigenvalue weighted by Crippen LogP contribution is 2.30. The fraction of sp³-hybridized carbons (Fsp3) is 0.286. The standard InChI is InChI=1S/C21H18ClF3N4O3/c22-17-11-15(5-6-16(17)20(30)29-7-9-31-10-8-29)26-12-18-27-19(28-32-18)13-1-3-14(4-2-13)21(23,24)25/h1-6,11,26H,7-10,12H2. The Hall–Kier alpha value is -3.11. The summed E-state index contributed by atoms with van der Waals surface area (Å²) in [4.78, 5) is 18.5. The van der Waals surface area contributed by atoms with Crippen LogP contribution in [0.15, 0.2) is 47.0 Å². The van der Waals surface area contributed by atoms with E-state index in [0.29, 0.717) is 48.1 Å². The van der Waals surface area contributed by atoms with E-state index in [1.54, 1.807) is 23.1 Å². The van der Waals surface area contributed by atoms with Crippen molar-refractivity contribution in [3.05, 3.63) is 64.5 Å². The van der Waals surface area contributed by atoms with Crippen LogP contribution < -0.4 is 5.32 Å². The minimum Gasteiger partial charge on any atom is -0.378 e. The Morgan fingerprint density at radius 2 is 1.84 bits per heavy atom. The SMILES string of the molecule is O=C(c1ccc(NCc2nc(-c3ccc(C(F)(F)F)cc3)no2)cc1Cl)N1CCOCC1. The van der Waals surface area contributed by atoms with Crippen LogP contribution in [0.4, 0.5) is 18.9 Å². The number of ether oxygens (including phenoxy) is 1. The van der Waals surface area contributed by atoms with Crippen LogP contribution in [-0.2, 0) is 17.5 Å². The first-order chi connectivity index (χ1) is 15.3. The van der Waals surface area contributed by atoms with Crippen molar-refractivity contribution in [1.29, 1.82) is 0 Å². The molecular weight excluding hydrogens is 449 g/mol. The van der Waals surface area contributed by atoms with Crippen molar-refractivity contribution in [2.75, 3.05) is 31.6 Å². The number of anilines is 1. The van der Waals surface area contributed by atoms with Gasteiger partial charge in [-0.1, -0.05) is 28.9 Å². The Balaban J connectivity index is 1.38. The zero-order valence-corrected chi connectivity index (χ0v) is 17.4. The number of morpholine rings is 1. The van der Waals surface area contributed by atoms with Gasteiger partial charge in [0, 0.05) is 24.3 Å². The van der Waals surface area contributed by atoms with Crippen LogP contribution >= 0.6 is 11.6 Å². The molecule has 1 amide bonds. The molecule has 2 aromatic carbocycles. The van der Waals surface area contributed by atoms with E-state index in [0.717, 1.165) is 12.1 Å². The zero-order chi connectivity index (χ0) is 22.7. The highest BCUT2D eigenvalue weighted by atomic mass is 35.5. The summed E-state index contributed by atoms with van der Waals surface area (Å²) in [5, 5.41) is 7.18. The average molecular weight is 467 g/mol. The number of nitrogens with one attached hydrogen (secondary N) is 1. The highest BCUT2D eigenvalue weighted by Gasteiger charge is 2.30. The second-order valence-electron chi connectivity index (χ2n) is 7.04. The number of rotatable bonds is 5. The molecule has 4 rings (SSSR count). The van der Waals surface area contributed by atoms with Crippen LogP contribution in [0.2, 0.25) is 5.02 Å². The summed E-state index contributed by atoms with van der Waals surface area (Å²) in [7, 11) is 0. The summed E-state index contributed by atoms with van der Waals surface area (Å²) in [5.41, 5.74) is 0.699. The molecular formula is C21H18ClF3N4O3. The van der Waals surface area contributed by atoms with Gasteiger partial charge in [0.1, 0.15) is 0 Å². The van der Waals surface area contributed by atoms with E-state index in [-0.39, 0.29) is 24.2 Å². The van der Waals surface area contributed by atoms with Crippen molar-refractivity contribution < 1.29 is 27.2 Å². The maximum atomic E-state index is 12.7. The molecule has 2 heterocycles. The molecule has 168 valence electrons. The molecule has 1 aliphatic heterocycles. The Labute approximate surface area is 186 Å². The molecule has 0 saturated carbocycles. The molecule has 1 aliphatic rings. The molecule has 11 heteroatoms. The third kappa shape index (κ3) is 5.03. The molecule has 1 aromatic heterocycles. The van der Waals surface area contributed by atoms with Gasteiger partial charge in [-0.3, -0.25) is 4.79 Å². The van der Waals surface area contributed by atoms with E-state index in [2.05, 4.69) is 15.5 Å². The van der Waals surface area contributed by atoms with Crippen LogP contribution in [0.1, 0.15) is 21.8 Å². The van der Waals surface area contributed by atoms with Gasteiger partial charge in [0.2, 0.25) is 11.7 Å². The predicted molar refractivity (Wildman–Crippen MR) is 110 cm³/mol. The lowest BCUT2D eigenvalue weighted by Crippen LogP contribution is -2.40. The smallest absolute Gasteiger partial charge is 0.378 e. The van der Waals surface area contributed by atoms with Crippen molar-refractivity contribution in [2.45, 2.75) is 12.7 Å². The van der Waals surface area contributed by atoms with Crippen molar-refractivity contribution in [1.82, 2.24) is 15.0 Å². The van der Waals surface area contributed by atoms with Gasteiger partial charge in [-0.05, 0) is 30.3 Å². The van der Waals surface area contributed by atoms with Gasteiger partial charge in [0.05, 0.1) is 35.9 Å². The van der Waals surface area contributed by atoms with Crippen LogP contribution in [0.3, 0.4) is 0 Å². The fourth-order valence-electron chi connectivity index (χ4n) is 3.17. The second-order valence-corrected chi connectivity index (χ2v) is 7.45. The van der Waals surface area contributed by atoms with Crippen molar-refractivity contribution in [3.8, 4) is 11.4 Å². The number of aromatic nitrogens is 2. The quantitative estimate of drug-likeness (QED) is 0.596. The fourth-order valence-corrected chi connectivity index (χ4v) is 3.43. The number of carbonyl (C=O) groups excluding carboxylic acids is 1. The molecule has 1 fully saturated rings. The summed E-state index contributed by atoms with van der Waals surface area (Å²) in [6, 6.07) is 9.49. The number of hydrogen-bond donors (Lipinski definition) is 1. The van der Waals surface area contributed by atoms with Crippen LogP contribution in [-0.4, -0.2) is 47.3 Å². The molecule has 0 bridgehead atoms. The molecule has 0 aliphatic carbocycles. The zero-order valence-electron chi connectivity index (χ0n) is 16.7. The number of halogens is 4. The first kappa shape index (κ1) is 22.1. The number of amides is 1. The maximum Gasteiger partial charge on any atom is 0.416 e. The van der Waals surface area contributed by atoms with E-state index in [1.165, 1.54) is 12.1 Å². The van der Waals surface area contributed by atoms with Gasteiger partial charge in [-0.15, -0.1) is 0 Å². The Kier molecular flexibility index (Phi) is 6.33. The molecule has 7 nitrogen and oxygen atoms in total. The first-order valence-corrected chi connectivity index (χ1v) is 10.1. The molecule has 0 radical (unpaired) electrons. The summed E-state index contributed by atoms with van der Waals surface area (Å²) >= 11 is 6.30. The number of nitrogens with zero attached hydrogens (tertiary/aromatic N) is 3. The molecule has 0 atom stereocenters. The number of carbonyl (C=O) groups is 1. The van der Waals surface area contributed by atoms with Gasteiger partial charge < -0.3 is 19.5 Å². The minimum absolute atomic E-state index is 0.150. The lowest BCUT2D eigenvalue weighted by Gasteiger charge is -2.27. The van der Waals surface area contributed by atoms with E-state index in [4.69, 9.17) is 20.9 Å². The Bertz CT molecular complexity index is 1100. The van der Waals surface area contributed by atoms with Gasteiger partial charge >= 0.3 is 6.18 Å². The van der Waals surface area contributed by atoms with Gasteiger partial charge in [-0.25, -0.2) is 0 Å². The predicted octanol–water partition coefficient (Wildman–Crippen LogP) is 4.49. The lowest BCUT2D eigenvalue weighted by molar-refractivity contribution is -0.137. The van der Waals surface area contributed by atoms with Gasteiger partial charge in [0.15, 0.2) is 0 Å². The summed E-state index contributed by atoms with van der Waals surface area (Å²) < 4.78 is 48.5. The molecule has 0 spiro atoms. The van der Waals surface area contributed by atoms with Crippen LogP contribution in [0, 0.1) is 0 Å². The summed E-state index contributed by atoms with van der Waals surface area (Å²) in [6.07, 6.45) is -4.41. The average Bonchev–Trinajstić information content (AvgIpc) is 3.26. The van der Waals surface area contributed by atoms with Gasteiger partial charge in [0.25, 0.3) is 5.91 Å². The van der Waals surface area contributed by atoms with E-state index in [1.807, 2.05) is 0 Å². The Morgan fingerprint density at radius 3 is 2.50 bits per heavy atom. The minimum atomic E-state index is -4.41. The summed E-state index contributed by atoms with van der Waals surface area (Å²) in [6.45, 7) is 2.21. The first-order valence-electron chi connectivity index (χ1n) is 9.72. The summed E-state index contributed by atoms with van der Waals surface area (Å²) in [5.74, 6) is 0.271.